The smallest absolute Gasteiger partial charge is 0.151 e. The Morgan fingerprint density at radius 1 is 1.57 bits per heavy atom. The molecule has 1 aliphatic heterocycles. The first-order chi connectivity index (χ1) is 6.79. The largest absolute Gasteiger partial charge is 0.396 e. The van der Waals surface area contributed by atoms with Crippen molar-refractivity contribution in [2.45, 2.75) is 39.2 Å². The van der Waals surface area contributed by atoms with Gasteiger partial charge in [-0.3, -0.25) is 0 Å². The molecule has 0 aromatic carbocycles. The topological polar surface area (TPSA) is 50.9 Å². The average molecular weight is 195 g/mol. The van der Waals surface area contributed by atoms with E-state index in [4.69, 9.17) is 5.11 Å². The van der Waals surface area contributed by atoms with Gasteiger partial charge in [-0.25, -0.2) is 9.67 Å². The third-order valence-electron chi connectivity index (χ3n) is 2.72. The minimum Gasteiger partial charge on any atom is -0.396 e. The van der Waals surface area contributed by atoms with Crippen LogP contribution in [0, 0.1) is 5.92 Å². The van der Waals surface area contributed by atoms with Crippen molar-refractivity contribution in [3.8, 4) is 0 Å². The lowest BCUT2D eigenvalue weighted by Gasteiger charge is -2.17. The van der Waals surface area contributed by atoms with Gasteiger partial charge in [0.15, 0.2) is 5.82 Å². The van der Waals surface area contributed by atoms with Gasteiger partial charge in [-0.15, -0.1) is 0 Å². The summed E-state index contributed by atoms with van der Waals surface area (Å²) in [5.74, 6) is 2.75. The molecule has 0 amide bonds. The highest BCUT2D eigenvalue weighted by atomic mass is 16.2. The van der Waals surface area contributed by atoms with E-state index in [1.165, 1.54) is 6.42 Å². The lowest BCUT2D eigenvalue weighted by atomic mass is 10.0. The lowest BCUT2D eigenvalue weighted by Crippen LogP contribution is -2.18. The van der Waals surface area contributed by atoms with Crippen LogP contribution in [0.4, 0.5) is 0 Å². The molecule has 0 saturated carbocycles. The second-order valence-electron chi connectivity index (χ2n) is 4.09. The Balaban J connectivity index is 2.07. The minimum absolute atomic E-state index is 0.222. The SMILES string of the molecule is CC1CCn2nc(CCCO)nc2C1. The summed E-state index contributed by atoms with van der Waals surface area (Å²) >= 11 is 0. The van der Waals surface area contributed by atoms with Crippen molar-refractivity contribution < 1.29 is 5.11 Å². The molecule has 1 N–H and O–H groups in total. The number of fused-ring (bicyclic) bond motifs is 1. The maximum Gasteiger partial charge on any atom is 0.151 e. The van der Waals surface area contributed by atoms with E-state index in [2.05, 4.69) is 17.0 Å². The summed E-state index contributed by atoms with van der Waals surface area (Å²) in [5.41, 5.74) is 0. The number of aryl methyl sites for hydroxylation is 2. The second-order valence-corrected chi connectivity index (χ2v) is 4.09. The molecule has 0 saturated heterocycles. The van der Waals surface area contributed by atoms with Crippen molar-refractivity contribution in [3.05, 3.63) is 11.6 Å². The highest BCUT2D eigenvalue weighted by Gasteiger charge is 2.18. The number of aliphatic hydroxyl groups excluding tert-OH is 1. The van der Waals surface area contributed by atoms with Gasteiger partial charge in [-0.05, 0) is 18.8 Å². The van der Waals surface area contributed by atoms with Crippen molar-refractivity contribution in [2.75, 3.05) is 6.61 Å². The molecule has 1 unspecified atom stereocenters. The number of rotatable bonds is 3. The molecule has 0 bridgehead atoms. The number of nitrogens with zero attached hydrogens (tertiary/aromatic N) is 3. The molecule has 2 heterocycles. The first-order valence-electron chi connectivity index (χ1n) is 5.33. The zero-order valence-electron chi connectivity index (χ0n) is 8.61. The summed E-state index contributed by atoms with van der Waals surface area (Å²) in [4.78, 5) is 4.48. The molecule has 4 heteroatoms. The third kappa shape index (κ3) is 1.95. The fraction of sp³-hybridized carbons (Fsp3) is 0.800. The van der Waals surface area contributed by atoms with Crippen LogP contribution in [0.15, 0.2) is 0 Å². The van der Waals surface area contributed by atoms with E-state index in [0.29, 0.717) is 0 Å². The highest BCUT2D eigenvalue weighted by Crippen LogP contribution is 2.18. The quantitative estimate of drug-likeness (QED) is 0.775. The molecule has 0 radical (unpaired) electrons. The van der Waals surface area contributed by atoms with Crippen LogP contribution in [0.25, 0.3) is 0 Å². The van der Waals surface area contributed by atoms with E-state index in [0.717, 1.165) is 43.4 Å². The Morgan fingerprint density at radius 3 is 3.21 bits per heavy atom. The van der Waals surface area contributed by atoms with Gasteiger partial charge in [-0.1, -0.05) is 6.92 Å². The van der Waals surface area contributed by atoms with Crippen molar-refractivity contribution in [3.63, 3.8) is 0 Å². The molecule has 1 atom stereocenters. The Kier molecular flexibility index (Phi) is 2.82. The lowest BCUT2D eigenvalue weighted by molar-refractivity contribution is 0.287. The van der Waals surface area contributed by atoms with E-state index in [1.807, 2.05) is 4.68 Å². The summed E-state index contributed by atoms with van der Waals surface area (Å²) in [6.07, 6.45) is 3.81. The van der Waals surface area contributed by atoms with Gasteiger partial charge in [0.1, 0.15) is 5.82 Å². The van der Waals surface area contributed by atoms with Crippen LogP contribution < -0.4 is 0 Å². The molecule has 4 nitrogen and oxygen atoms in total. The molecule has 2 rings (SSSR count). The summed E-state index contributed by atoms with van der Waals surface area (Å²) in [6, 6.07) is 0. The summed E-state index contributed by atoms with van der Waals surface area (Å²) in [6.45, 7) is 3.48. The van der Waals surface area contributed by atoms with Gasteiger partial charge in [-0.2, -0.15) is 5.10 Å². The average Bonchev–Trinajstić information content (AvgIpc) is 2.56. The van der Waals surface area contributed by atoms with E-state index in [-0.39, 0.29) is 6.61 Å². The predicted octanol–water partition coefficient (Wildman–Crippen LogP) is 0.785. The summed E-state index contributed by atoms with van der Waals surface area (Å²) in [5, 5.41) is 13.1. The second kappa shape index (κ2) is 4.09. The van der Waals surface area contributed by atoms with Crippen molar-refractivity contribution in [2.24, 2.45) is 5.92 Å². The van der Waals surface area contributed by atoms with Crippen LogP contribution >= 0.6 is 0 Å². The molecule has 78 valence electrons. The molecule has 14 heavy (non-hydrogen) atoms. The first kappa shape index (κ1) is 9.65. The fourth-order valence-electron chi connectivity index (χ4n) is 1.86. The third-order valence-corrected chi connectivity index (χ3v) is 2.72. The highest BCUT2D eigenvalue weighted by molar-refractivity contribution is 4.97. The number of aromatic nitrogens is 3. The van der Waals surface area contributed by atoms with Gasteiger partial charge in [0.2, 0.25) is 0 Å². The van der Waals surface area contributed by atoms with Gasteiger partial charge in [0, 0.05) is 26.0 Å². The predicted molar refractivity (Wildman–Crippen MR) is 52.9 cm³/mol. The van der Waals surface area contributed by atoms with Gasteiger partial charge >= 0.3 is 0 Å². The Labute approximate surface area is 84.0 Å². The number of hydrogen-bond acceptors (Lipinski definition) is 3. The molecule has 0 spiro atoms. The minimum atomic E-state index is 0.222. The van der Waals surface area contributed by atoms with Gasteiger partial charge in [0.25, 0.3) is 0 Å². The van der Waals surface area contributed by atoms with Crippen molar-refractivity contribution >= 4 is 0 Å². The number of hydrogen-bond donors (Lipinski definition) is 1. The van der Waals surface area contributed by atoms with Crippen LogP contribution in [0.3, 0.4) is 0 Å². The Hall–Kier alpha value is -0.900. The number of aliphatic hydroxyl groups is 1. The first-order valence-corrected chi connectivity index (χ1v) is 5.33. The Bertz CT molecular complexity index is 308. The molecule has 0 fully saturated rings. The normalized spacial score (nSPS) is 20.9. The van der Waals surface area contributed by atoms with Crippen LogP contribution in [0.1, 0.15) is 31.4 Å². The standard InChI is InChI=1S/C10H17N3O/c1-8-4-5-13-10(7-8)11-9(12-13)3-2-6-14/h8,14H,2-7H2,1H3. The Morgan fingerprint density at radius 2 is 2.43 bits per heavy atom. The molecule has 0 aliphatic carbocycles. The van der Waals surface area contributed by atoms with E-state index in [1.54, 1.807) is 0 Å². The zero-order chi connectivity index (χ0) is 9.97. The fourth-order valence-corrected chi connectivity index (χ4v) is 1.86. The molecule has 1 aromatic heterocycles. The van der Waals surface area contributed by atoms with Crippen LogP contribution in [0.5, 0.6) is 0 Å². The summed E-state index contributed by atoms with van der Waals surface area (Å²) in [7, 11) is 0. The van der Waals surface area contributed by atoms with Crippen molar-refractivity contribution in [1.29, 1.82) is 0 Å². The zero-order valence-corrected chi connectivity index (χ0v) is 8.61. The summed E-state index contributed by atoms with van der Waals surface area (Å²) < 4.78 is 2.02. The van der Waals surface area contributed by atoms with Crippen molar-refractivity contribution in [1.82, 2.24) is 14.8 Å². The maximum atomic E-state index is 8.71. The van der Waals surface area contributed by atoms with Crippen LogP contribution in [-0.2, 0) is 19.4 Å². The molecular formula is C10H17N3O. The van der Waals surface area contributed by atoms with E-state index in [9.17, 15) is 0 Å². The van der Waals surface area contributed by atoms with Crippen LogP contribution in [0.2, 0.25) is 0 Å². The van der Waals surface area contributed by atoms with E-state index < -0.39 is 0 Å². The van der Waals surface area contributed by atoms with Crippen LogP contribution in [-0.4, -0.2) is 26.5 Å². The van der Waals surface area contributed by atoms with Gasteiger partial charge in [0.05, 0.1) is 0 Å². The maximum absolute atomic E-state index is 8.71. The molecule has 1 aromatic rings. The monoisotopic (exact) mass is 195 g/mol. The van der Waals surface area contributed by atoms with E-state index >= 15 is 0 Å². The molecular weight excluding hydrogens is 178 g/mol. The van der Waals surface area contributed by atoms with Gasteiger partial charge < -0.3 is 5.11 Å². The molecule has 1 aliphatic rings.